The molecule has 0 aliphatic rings. The van der Waals surface area contributed by atoms with Gasteiger partial charge in [0, 0.05) is 50.7 Å². The first-order valence-corrected chi connectivity index (χ1v) is 11.9. The number of hydrogen-bond donors (Lipinski definition) is 3. The number of hydrogen-bond acceptors (Lipinski definition) is 9. The van der Waals surface area contributed by atoms with Crippen molar-refractivity contribution in [2.24, 2.45) is 14.1 Å². The Kier molecular flexibility index (Phi) is 6.51. The second-order valence-electron chi connectivity index (χ2n) is 8.84. The molecule has 0 aliphatic carbocycles. The summed E-state index contributed by atoms with van der Waals surface area (Å²) in [6.07, 6.45) is 5.33. The van der Waals surface area contributed by atoms with Gasteiger partial charge in [-0.2, -0.15) is 5.10 Å². The van der Waals surface area contributed by atoms with Gasteiger partial charge in [0.05, 0.1) is 24.4 Å². The minimum Gasteiger partial charge on any atom is -0.464 e. The molecule has 5 heterocycles. The molecule has 5 rings (SSSR count). The highest BCUT2D eigenvalue weighted by atomic mass is 16.5. The molecule has 5 aromatic rings. The Morgan fingerprint density at radius 1 is 1.21 bits per heavy atom. The predicted octanol–water partition coefficient (Wildman–Crippen LogP) is 2.39. The minimum absolute atomic E-state index is 0.00696. The van der Waals surface area contributed by atoms with Crippen molar-refractivity contribution in [3.8, 4) is 22.8 Å². The number of aromatic amines is 1. The average Bonchev–Trinajstić information content (AvgIpc) is 3.58. The second-order valence-corrected chi connectivity index (χ2v) is 8.84. The van der Waals surface area contributed by atoms with Crippen LogP contribution in [0.1, 0.15) is 29.9 Å². The maximum Gasteiger partial charge on any atom is 0.354 e. The third kappa shape index (κ3) is 4.32. The molecule has 0 spiro atoms. The van der Waals surface area contributed by atoms with Gasteiger partial charge in [-0.1, -0.05) is 0 Å². The third-order valence-electron chi connectivity index (χ3n) is 6.41. The van der Waals surface area contributed by atoms with Crippen LogP contribution in [0.25, 0.3) is 33.7 Å². The van der Waals surface area contributed by atoms with Gasteiger partial charge in [0.1, 0.15) is 28.6 Å². The first-order valence-electron chi connectivity index (χ1n) is 11.9. The number of methoxy groups -OCH3 is 1. The van der Waals surface area contributed by atoms with Gasteiger partial charge in [-0.25, -0.2) is 19.7 Å². The van der Waals surface area contributed by atoms with Gasteiger partial charge in [-0.3, -0.25) is 14.2 Å². The Morgan fingerprint density at radius 3 is 2.74 bits per heavy atom. The molecule has 0 aromatic carbocycles. The molecule has 0 saturated carbocycles. The highest BCUT2D eigenvalue weighted by Crippen LogP contribution is 2.32. The predicted molar refractivity (Wildman–Crippen MR) is 140 cm³/mol. The minimum atomic E-state index is -0.442. The van der Waals surface area contributed by atoms with Crippen molar-refractivity contribution >= 4 is 28.5 Å². The summed E-state index contributed by atoms with van der Waals surface area (Å²) in [6, 6.07) is 6.93. The van der Waals surface area contributed by atoms with Gasteiger partial charge in [-0.05, 0) is 31.5 Å². The number of pyridine rings is 1. The molecule has 0 saturated heterocycles. The zero-order chi connectivity index (χ0) is 27.0. The summed E-state index contributed by atoms with van der Waals surface area (Å²) < 4.78 is 9.80. The standard InChI is InChI=1S/C25H27N9O4/c1-14(8-10-35)34-19-11-21(29-20-7-9-26-23(30-20)16-13-28-33(3)24(16)36)27-12-15(19)22(31-34)17-5-6-18(32(17)2)25(37)38-4/h5-7,9,11-14,28,35H,8,10H2,1-4H3,(H,26,27,29,30)/t14-/m0/s1. The van der Waals surface area contributed by atoms with Crippen LogP contribution >= 0.6 is 0 Å². The Hall–Kier alpha value is -4.78. The van der Waals surface area contributed by atoms with Crippen LogP contribution in [-0.2, 0) is 18.8 Å². The molecule has 5 aromatic heterocycles. The van der Waals surface area contributed by atoms with Crippen LogP contribution < -0.4 is 10.9 Å². The van der Waals surface area contributed by atoms with E-state index < -0.39 is 5.97 Å². The molecular formula is C25H27N9O4. The van der Waals surface area contributed by atoms with Crippen LogP contribution in [0, 0.1) is 0 Å². The van der Waals surface area contributed by atoms with Crippen molar-refractivity contribution in [1.29, 1.82) is 0 Å². The van der Waals surface area contributed by atoms with E-state index in [0.717, 1.165) is 16.6 Å². The molecule has 0 aliphatic heterocycles. The number of rotatable bonds is 8. The molecule has 0 bridgehead atoms. The molecule has 0 unspecified atom stereocenters. The lowest BCUT2D eigenvalue weighted by atomic mass is 10.2. The van der Waals surface area contributed by atoms with Gasteiger partial charge in [0.2, 0.25) is 0 Å². The Bertz CT molecular complexity index is 1690. The number of aliphatic hydroxyl groups excluding tert-OH is 1. The van der Waals surface area contributed by atoms with E-state index in [4.69, 9.17) is 9.84 Å². The van der Waals surface area contributed by atoms with Crippen molar-refractivity contribution in [3.63, 3.8) is 0 Å². The zero-order valence-electron chi connectivity index (χ0n) is 21.3. The fourth-order valence-electron chi connectivity index (χ4n) is 4.31. The Labute approximate surface area is 216 Å². The number of nitrogens with one attached hydrogen (secondary N) is 2. The Morgan fingerprint density at radius 2 is 2.03 bits per heavy atom. The normalized spacial score (nSPS) is 12.1. The number of esters is 1. The number of carbonyl (C=O) groups excluding carboxylic acids is 1. The lowest BCUT2D eigenvalue weighted by Gasteiger charge is -2.12. The fourth-order valence-corrected chi connectivity index (χ4v) is 4.31. The van der Waals surface area contributed by atoms with Crippen molar-refractivity contribution in [3.05, 3.63) is 58.9 Å². The van der Waals surface area contributed by atoms with E-state index in [-0.39, 0.29) is 24.0 Å². The van der Waals surface area contributed by atoms with Gasteiger partial charge >= 0.3 is 5.97 Å². The summed E-state index contributed by atoms with van der Waals surface area (Å²) in [7, 11) is 4.73. The van der Waals surface area contributed by atoms with Crippen LogP contribution in [0.5, 0.6) is 0 Å². The molecule has 38 heavy (non-hydrogen) atoms. The fraction of sp³-hybridized carbons (Fsp3) is 0.280. The van der Waals surface area contributed by atoms with Crippen molar-refractivity contribution < 1.29 is 14.6 Å². The molecule has 1 atom stereocenters. The third-order valence-corrected chi connectivity index (χ3v) is 6.41. The smallest absolute Gasteiger partial charge is 0.354 e. The quantitative estimate of drug-likeness (QED) is 0.263. The van der Waals surface area contributed by atoms with Crippen LogP contribution in [0.4, 0.5) is 11.6 Å². The van der Waals surface area contributed by atoms with Gasteiger partial charge in [-0.15, -0.1) is 0 Å². The zero-order valence-corrected chi connectivity index (χ0v) is 21.3. The van der Waals surface area contributed by atoms with Gasteiger partial charge in [0.25, 0.3) is 5.56 Å². The monoisotopic (exact) mass is 517 g/mol. The van der Waals surface area contributed by atoms with Crippen LogP contribution in [0.2, 0.25) is 0 Å². The van der Waals surface area contributed by atoms with Crippen molar-refractivity contribution in [2.75, 3.05) is 19.0 Å². The molecule has 0 radical (unpaired) electrons. The number of carbonyl (C=O) groups is 1. The van der Waals surface area contributed by atoms with E-state index in [0.29, 0.717) is 35.0 Å². The first-order chi connectivity index (χ1) is 18.3. The van der Waals surface area contributed by atoms with E-state index in [1.54, 1.807) is 49.4 Å². The Balaban J connectivity index is 1.56. The largest absolute Gasteiger partial charge is 0.464 e. The summed E-state index contributed by atoms with van der Waals surface area (Å²) in [5.41, 5.74) is 2.68. The SMILES string of the molecule is COC(=O)c1ccc(-c2nn([C@@H](C)CCO)c3cc(Nc4ccnc(-c5c[nH]n(C)c5=O)n4)ncc23)n1C. The van der Waals surface area contributed by atoms with Crippen LogP contribution in [-0.4, -0.2) is 63.9 Å². The summed E-state index contributed by atoms with van der Waals surface area (Å²) in [5, 5.41) is 21.2. The summed E-state index contributed by atoms with van der Waals surface area (Å²) in [4.78, 5) is 37.7. The molecule has 0 amide bonds. The number of fused-ring (bicyclic) bond motifs is 1. The number of aryl methyl sites for hydroxylation is 1. The molecule has 196 valence electrons. The summed E-state index contributed by atoms with van der Waals surface area (Å²) in [5.74, 6) is 0.814. The number of aromatic nitrogens is 8. The van der Waals surface area contributed by atoms with Crippen molar-refractivity contribution in [1.82, 2.24) is 39.1 Å². The van der Waals surface area contributed by atoms with E-state index in [1.807, 2.05) is 23.7 Å². The van der Waals surface area contributed by atoms with E-state index >= 15 is 0 Å². The molecule has 0 fully saturated rings. The molecule has 3 N–H and O–H groups in total. The average molecular weight is 518 g/mol. The maximum absolute atomic E-state index is 12.3. The number of H-pyrrole nitrogens is 1. The first kappa shape index (κ1) is 24.9. The number of nitrogens with zero attached hydrogens (tertiary/aromatic N) is 7. The van der Waals surface area contributed by atoms with Gasteiger partial charge in [0.15, 0.2) is 5.82 Å². The van der Waals surface area contributed by atoms with Crippen LogP contribution in [0.15, 0.2) is 47.7 Å². The summed E-state index contributed by atoms with van der Waals surface area (Å²) in [6.45, 7) is 1.98. The highest BCUT2D eigenvalue weighted by Gasteiger charge is 2.22. The summed E-state index contributed by atoms with van der Waals surface area (Å²) >= 11 is 0. The molecule has 13 heteroatoms. The van der Waals surface area contributed by atoms with Gasteiger partial charge < -0.3 is 24.8 Å². The number of anilines is 2. The number of aliphatic hydroxyl groups is 1. The number of ether oxygens (including phenoxy) is 1. The molecular weight excluding hydrogens is 490 g/mol. The molecule has 13 nitrogen and oxygen atoms in total. The topological polar surface area (TPSA) is 158 Å². The van der Waals surface area contributed by atoms with Crippen molar-refractivity contribution in [2.45, 2.75) is 19.4 Å². The lowest BCUT2D eigenvalue weighted by Crippen LogP contribution is -2.14. The van der Waals surface area contributed by atoms with E-state index in [1.165, 1.54) is 11.8 Å². The van der Waals surface area contributed by atoms with Crippen LogP contribution in [0.3, 0.4) is 0 Å². The van der Waals surface area contributed by atoms with E-state index in [2.05, 4.69) is 25.4 Å². The second kappa shape index (κ2) is 9.94. The lowest BCUT2D eigenvalue weighted by molar-refractivity contribution is 0.0590. The van der Waals surface area contributed by atoms with E-state index in [9.17, 15) is 14.7 Å². The maximum atomic E-state index is 12.3. The highest BCUT2D eigenvalue weighted by molar-refractivity contribution is 5.95.